The summed E-state index contributed by atoms with van der Waals surface area (Å²) in [6.45, 7) is 1.50. The van der Waals surface area contributed by atoms with Gasteiger partial charge < -0.3 is 9.42 Å². The zero-order valence-corrected chi connectivity index (χ0v) is 14.0. The summed E-state index contributed by atoms with van der Waals surface area (Å²) in [5.74, 6) is 1.47. The number of pyridine rings is 1. The lowest BCUT2D eigenvalue weighted by Crippen LogP contribution is -2.35. The number of piperidine rings is 1. The number of benzene rings is 1. The molecule has 6 nitrogen and oxygen atoms in total. The Kier molecular flexibility index (Phi) is 4.32. The molecule has 1 fully saturated rings. The van der Waals surface area contributed by atoms with Gasteiger partial charge in [0.15, 0.2) is 0 Å². The average Bonchev–Trinajstić information content (AvgIpc) is 3.19. The molecule has 0 saturated carbocycles. The number of nitrogens with zero attached hydrogens (tertiary/aromatic N) is 5. The Hall–Kier alpha value is -3.27. The van der Waals surface area contributed by atoms with E-state index in [0.717, 1.165) is 19.4 Å². The molecular weight excluding hydrogens is 333 g/mol. The van der Waals surface area contributed by atoms with Gasteiger partial charge in [0.1, 0.15) is 17.7 Å². The summed E-state index contributed by atoms with van der Waals surface area (Å²) in [6, 6.07) is 11.7. The molecule has 4 rings (SSSR count). The van der Waals surface area contributed by atoms with Crippen LogP contribution in [0, 0.1) is 17.1 Å². The number of halogens is 1. The summed E-state index contributed by atoms with van der Waals surface area (Å²) < 4.78 is 18.5. The van der Waals surface area contributed by atoms with Crippen LogP contribution in [0.3, 0.4) is 0 Å². The fourth-order valence-electron chi connectivity index (χ4n) is 3.22. The fraction of sp³-hybridized carbons (Fsp3) is 0.263. The Balaban J connectivity index is 1.55. The molecule has 0 radical (unpaired) electrons. The van der Waals surface area contributed by atoms with Crippen LogP contribution in [0.1, 0.15) is 30.2 Å². The van der Waals surface area contributed by atoms with E-state index in [1.54, 1.807) is 30.5 Å². The van der Waals surface area contributed by atoms with Gasteiger partial charge in [-0.25, -0.2) is 9.37 Å². The van der Waals surface area contributed by atoms with Gasteiger partial charge in [0.25, 0.3) is 0 Å². The van der Waals surface area contributed by atoms with Crippen LogP contribution >= 0.6 is 0 Å². The van der Waals surface area contributed by atoms with Crippen molar-refractivity contribution < 1.29 is 8.91 Å². The van der Waals surface area contributed by atoms with Gasteiger partial charge in [0.2, 0.25) is 11.7 Å². The predicted molar refractivity (Wildman–Crippen MR) is 92.8 cm³/mol. The van der Waals surface area contributed by atoms with E-state index in [1.807, 2.05) is 0 Å². The van der Waals surface area contributed by atoms with Crippen molar-refractivity contribution in [3.8, 4) is 17.5 Å². The van der Waals surface area contributed by atoms with E-state index in [4.69, 9.17) is 4.52 Å². The molecule has 1 saturated heterocycles. The highest BCUT2D eigenvalue weighted by molar-refractivity contribution is 5.55. The first-order valence-corrected chi connectivity index (χ1v) is 8.44. The van der Waals surface area contributed by atoms with Crippen molar-refractivity contribution in [2.45, 2.75) is 18.8 Å². The van der Waals surface area contributed by atoms with Crippen LogP contribution < -0.4 is 4.90 Å². The molecule has 130 valence electrons. The van der Waals surface area contributed by atoms with E-state index in [0.29, 0.717) is 35.2 Å². The van der Waals surface area contributed by atoms with Gasteiger partial charge in [0, 0.05) is 24.8 Å². The van der Waals surface area contributed by atoms with E-state index < -0.39 is 0 Å². The molecule has 7 heteroatoms. The number of aromatic nitrogens is 3. The van der Waals surface area contributed by atoms with Gasteiger partial charge in [-0.05, 0) is 49.2 Å². The first kappa shape index (κ1) is 16.2. The van der Waals surface area contributed by atoms with Gasteiger partial charge in [-0.2, -0.15) is 10.2 Å². The number of rotatable bonds is 3. The minimum absolute atomic E-state index is 0.0685. The van der Waals surface area contributed by atoms with Crippen LogP contribution in [-0.4, -0.2) is 28.2 Å². The van der Waals surface area contributed by atoms with Crippen molar-refractivity contribution in [3.05, 3.63) is 59.9 Å². The molecule has 26 heavy (non-hydrogen) atoms. The molecule has 1 aromatic carbocycles. The number of anilines is 1. The summed E-state index contributed by atoms with van der Waals surface area (Å²) in [7, 11) is 0. The Labute approximate surface area is 149 Å². The number of nitriles is 1. The Morgan fingerprint density at radius 1 is 1.23 bits per heavy atom. The van der Waals surface area contributed by atoms with Gasteiger partial charge in [-0.15, -0.1) is 0 Å². The topological polar surface area (TPSA) is 78.8 Å². The highest BCUT2D eigenvalue weighted by Gasteiger charge is 2.28. The second kappa shape index (κ2) is 6.92. The van der Waals surface area contributed by atoms with Gasteiger partial charge in [-0.3, -0.25) is 0 Å². The average molecular weight is 349 g/mol. The van der Waals surface area contributed by atoms with Crippen molar-refractivity contribution >= 4 is 5.82 Å². The highest BCUT2D eigenvalue weighted by Crippen LogP contribution is 2.30. The molecule has 0 amide bonds. The maximum absolute atomic E-state index is 13.1. The predicted octanol–water partition coefficient (Wildman–Crippen LogP) is 3.53. The van der Waals surface area contributed by atoms with Crippen LogP contribution in [0.25, 0.3) is 11.4 Å². The largest absolute Gasteiger partial charge is 0.355 e. The summed E-state index contributed by atoms with van der Waals surface area (Å²) >= 11 is 0. The lowest BCUT2D eigenvalue weighted by molar-refractivity contribution is 0.333. The molecule has 1 aliphatic rings. The van der Waals surface area contributed by atoms with Crippen molar-refractivity contribution in [2.24, 2.45) is 0 Å². The first-order valence-electron chi connectivity index (χ1n) is 8.44. The third-order valence-corrected chi connectivity index (χ3v) is 4.52. The van der Waals surface area contributed by atoms with Gasteiger partial charge in [0.05, 0.1) is 11.5 Å². The zero-order valence-electron chi connectivity index (χ0n) is 14.0. The van der Waals surface area contributed by atoms with E-state index in [9.17, 15) is 9.65 Å². The quantitative estimate of drug-likeness (QED) is 0.720. The third-order valence-electron chi connectivity index (χ3n) is 4.52. The molecule has 1 unspecified atom stereocenters. The normalized spacial score (nSPS) is 17.1. The SMILES string of the molecule is N#Cc1cccnc1N1CCCC(c2nc(-c3ccc(F)cc3)no2)C1. The van der Waals surface area contributed by atoms with Crippen LogP contribution in [0.15, 0.2) is 47.1 Å². The second-order valence-corrected chi connectivity index (χ2v) is 6.23. The third kappa shape index (κ3) is 3.14. The summed E-state index contributed by atoms with van der Waals surface area (Å²) in [4.78, 5) is 10.9. The molecule has 0 spiro atoms. The fourth-order valence-corrected chi connectivity index (χ4v) is 3.22. The standard InChI is InChI=1S/C19H16FN5O/c20-16-7-5-13(6-8-16)17-23-19(26-24-17)15-4-2-10-25(12-15)18-14(11-21)3-1-9-22-18/h1,3,5-9,15H,2,4,10,12H2. The van der Waals surface area contributed by atoms with Crippen LogP contribution in [0.5, 0.6) is 0 Å². The molecular formula is C19H16FN5O. The molecule has 0 bridgehead atoms. The van der Waals surface area contributed by atoms with E-state index in [-0.39, 0.29) is 11.7 Å². The molecule has 3 heterocycles. The van der Waals surface area contributed by atoms with Crippen molar-refractivity contribution in [3.63, 3.8) is 0 Å². The highest BCUT2D eigenvalue weighted by atomic mass is 19.1. The van der Waals surface area contributed by atoms with Crippen LogP contribution in [0.4, 0.5) is 10.2 Å². The van der Waals surface area contributed by atoms with E-state index in [2.05, 4.69) is 26.1 Å². The summed E-state index contributed by atoms with van der Waals surface area (Å²) in [5, 5.41) is 13.3. The number of hydrogen-bond donors (Lipinski definition) is 0. The van der Waals surface area contributed by atoms with Crippen molar-refractivity contribution in [1.82, 2.24) is 15.1 Å². The smallest absolute Gasteiger partial charge is 0.231 e. The maximum atomic E-state index is 13.1. The monoisotopic (exact) mass is 349 g/mol. The van der Waals surface area contributed by atoms with Crippen LogP contribution in [0.2, 0.25) is 0 Å². The molecule has 2 aromatic heterocycles. The number of hydrogen-bond acceptors (Lipinski definition) is 6. The molecule has 1 atom stereocenters. The maximum Gasteiger partial charge on any atom is 0.231 e. The minimum Gasteiger partial charge on any atom is -0.355 e. The Morgan fingerprint density at radius 3 is 2.88 bits per heavy atom. The van der Waals surface area contributed by atoms with Crippen LogP contribution in [-0.2, 0) is 0 Å². The van der Waals surface area contributed by atoms with Gasteiger partial charge in [-0.1, -0.05) is 5.16 Å². The molecule has 3 aromatic rings. The second-order valence-electron chi connectivity index (χ2n) is 6.23. The van der Waals surface area contributed by atoms with E-state index in [1.165, 1.54) is 12.1 Å². The van der Waals surface area contributed by atoms with Crippen molar-refractivity contribution in [2.75, 3.05) is 18.0 Å². The Bertz CT molecular complexity index is 947. The Morgan fingerprint density at radius 2 is 2.08 bits per heavy atom. The first-order chi connectivity index (χ1) is 12.7. The zero-order chi connectivity index (χ0) is 17.9. The molecule has 1 aliphatic heterocycles. The lowest BCUT2D eigenvalue weighted by Gasteiger charge is -2.32. The van der Waals surface area contributed by atoms with Crippen molar-refractivity contribution in [1.29, 1.82) is 5.26 Å². The van der Waals surface area contributed by atoms with E-state index >= 15 is 0 Å². The van der Waals surface area contributed by atoms with Gasteiger partial charge >= 0.3 is 0 Å². The molecule has 0 aliphatic carbocycles. The summed E-state index contributed by atoms with van der Waals surface area (Å²) in [6.07, 6.45) is 3.57. The molecule has 0 N–H and O–H groups in total. The minimum atomic E-state index is -0.302. The summed E-state index contributed by atoms with van der Waals surface area (Å²) in [5.41, 5.74) is 1.27. The lowest BCUT2D eigenvalue weighted by atomic mass is 9.97.